The van der Waals surface area contributed by atoms with Crippen molar-refractivity contribution in [3.05, 3.63) is 59.3 Å². The molecule has 0 saturated carbocycles. The highest BCUT2D eigenvalue weighted by atomic mass is 79.9. The molecule has 5 nitrogen and oxygen atoms in total. The fraction of sp³-hybridized carbons (Fsp3) is 0. The standard InChI is InChI=1S/C18H12BrN5/c19-11-1-3-16-13(8-11)14-9-21-24-17(14)18(23-16)22-12-2-4-15-10(7-12)5-6-20-15/h1-9,20H,(H,21,24)(H,22,23). The van der Waals surface area contributed by atoms with E-state index >= 15 is 0 Å². The van der Waals surface area contributed by atoms with Gasteiger partial charge in [0.1, 0.15) is 5.52 Å². The van der Waals surface area contributed by atoms with Gasteiger partial charge in [0.2, 0.25) is 0 Å². The number of fused-ring (bicyclic) bond motifs is 4. The fourth-order valence-electron chi connectivity index (χ4n) is 3.03. The van der Waals surface area contributed by atoms with E-state index in [1.54, 1.807) is 0 Å². The summed E-state index contributed by atoms with van der Waals surface area (Å²) in [6, 6.07) is 14.3. The lowest BCUT2D eigenvalue weighted by Gasteiger charge is -2.09. The summed E-state index contributed by atoms with van der Waals surface area (Å²) < 4.78 is 1.03. The Morgan fingerprint density at radius 1 is 1.00 bits per heavy atom. The van der Waals surface area contributed by atoms with Crippen LogP contribution in [0.25, 0.3) is 32.7 Å². The highest BCUT2D eigenvalue weighted by Gasteiger charge is 2.11. The second-order valence-corrected chi connectivity index (χ2v) is 6.59. The monoisotopic (exact) mass is 377 g/mol. The number of hydrogen-bond acceptors (Lipinski definition) is 3. The van der Waals surface area contributed by atoms with Crippen molar-refractivity contribution >= 4 is 60.1 Å². The highest BCUT2D eigenvalue weighted by Crippen LogP contribution is 2.31. The third-order valence-corrected chi connectivity index (χ3v) is 4.65. The van der Waals surface area contributed by atoms with Gasteiger partial charge in [-0.15, -0.1) is 0 Å². The van der Waals surface area contributed by atoms with Crippen molar-refractivity contribution in [1.82, 2.24) is 20.2 Å². The molecule has 5 aromatic rings. The minimum absolute atomic E-state index is 0.746. The van der Waals surface area contributed by atoms with Crippen LogP contribution in [0.5, 0.6) is 0 Å². The number of nitrogens with one attached hydrogen (secondary N) is 3. The zero-order chi connectivity index (χ0) is 16.1. The number of aromatic nitrogens is 4. The Kier molecular flexibility index (Phi) is 2.87. The number of rotatable bonds is 2. The van der Waals surface area contributed by atoms with Gasteiger partial charge in [0.15, 0.2) is 5.82 Å². The first-order chi connectivity index (χ1) is 11.8. The predicted octanol–water partition coefficient (Wildman–Crippen LogP) is 5.10. The molecule has 3 N–H and O–H groups in total. The van der Waals surface area contributed by atoms with Gasteiger partial charge in [0, 0.05) is 44.2 Å². The van der Waals surface area contributed by atoms with Crippen LogP contribution in [0.4, 0.5) is 11.5 Å². The summed E-state index contributed by atoms with van der Waals surface area (Å²) in [5.74, 6) is 0.746. The number of hydrogen-bond donors (Lipinski definition) is 3. The summed E-state index contributed by atoms with van der Waals surface area (Å²) in [6.07, 6.45) is 3.85. The number of nitrogens with zero attached hydrogens (tertiary/aromatic N) is 2. The smallest absolute Gasteiger partial charge is 0.159 e. The van der Waals surface area contributed by atoms with Gasteiger partial charge >= 0.3 is 0 Å². The minimum Gasteiger partial charge on any atom is -0.361 e. The fourth-order valence-corrected chi connectivity index (χ4v) is 3.39. The molecule has 24 heavy (non-hydrogen) atoms. The Balaban J connectivity index is 1.69. The van der Waals surface area contributed by atoms with E-state index in [-0.39, 0.29) is 0 Å². The zero-order valence-corrected chi connectivity index (χ0v) is 14.1. The highest BCUT2D eigenvalue weighted by molar-refractivity contribution is 9.10. The van der Waals surface area contributed by atoms with Gasteiger partial charge in [0.05, 0.1) is 5.52 Å². The number of H-pyrrole nitrogens is 2. The molecule has 0 saturated heterocycles. The molecule has 0 aliphatic heterocycles. The lowest BCUT2D eigenvalue weighted by Crippen LogP contribution is -1.96. The zero-order valence-electron chi connectivity index (χ0n) is 12.5. The second kappa shape index (κ2) is 5.07. The Morgan fingerprint density at radius 3 is 2.92 bits per heavy atom. The number of pyridine rings is 1. The van der Waals surface area contributed by atoms with E-state index in [2.05, 4.69) is 60.7 Å². The van der Waals surface area contributed by atoms with Crippen LogP contribution in [0.3, 0.4) is 0 Å². The largest absolute Gasteiger partial charge is 0.361 e. The van der Waals surface area contributed by atoms with Gasteiger partial charge in [-0.2, -0.15) is 5.10 Å². The third kappa shape index (κ3) is 2.07. The SMILES string of the molecule is Brc1ccc2nc(Nc3ccc4[nH]ccc4c3)c3n[nH]cc3c2c1. The van der Waals surface area contributed by atoms with E-state index in [4.69, 9.17) is 4.98 Å². The Bertz CT molecular complexity index is 1200. The van der Waals surface area contributed by atoms with Crippen molar-refractivity contribution < 1.29 is 0 Å². The summed E-state index contributed by atoms with van der Waals surface area (Å²) in [7, 11) is 0. The van der Waals surface area contributed by atoms with Gasteiger partial charge < -0.3 is 10.3 Å². The number of anilines is 2. The Morgan fingerprint density at radius 2 is 1.96 bits per heavy atom. The molecule has 0 spiro atoms. The van der Waals surface area contributed by atoms with Gasteiger partial charge in [-0.3, -0.25) is 5.10 Å². The van der Waals surface area contributed by atoms with Gasteiger partial charge in [-0.1, -0.05) is 15.9 Å². The first-order valence-electron chi connectivity index (χ1n) is 7.55. The number of aromatic amines is 2. The van der Waals surface area contributed by atoms with Crippen LogP contribution in [0.15, 0.2) is 59.3 Å². The first-order valence-corrected chi connectivity index (χ1v) is 8.34. The Hall–Kier alpha value is -2.86. The molecule has 0 fully saturated rings. The van der Waals surface area contributed by atoms with E-state index < -0.39 is 0 Å². The van der Waals surface area contributed by atoms with Crippen molar-refractivity contribution in [3.8, 4) is 0 Å². The third-order valence-electron chi connectivity index (χ3n) is 4.16. The van der Waals surface area contributed by atoms with Gasteiger partial charge in [0.25, 0.3) is 0 Å². The normalized spacial score (nSPS) is 11.5. The van der Waals surface area contributed by atoms with Crippen molar-refractivity contribution in [2.24, 2.45) is 0 Å². The Labute approximate surface area is 145 Å². The molecule has 5 rings (SSSR count). The van der Waals surface area contributed by atoms with Crippen molar-refractivity contribution in [2.75, 3.05) is 5.32 Å². The van der Waals surface area contributed by atoms with Crippen molar-refractivity contribution in [2.45, 2.75) is 0 Å². The molecule has 116 valence electrons. The van der Waals surface area contributed by atoms with E-state index in [0.717, 1.165) is 48.7 Å². The van der Waals surface area contributed by atoms with Gasteiger partial charge in [-0.05, 0) is 42.5 Å². The molecule has 0 radical (unpaired) electrons. The van der Waals surface area contributed by atoms with Crippen LogP contribution in [-0.2, 0) is 0 Å². The molecule has 6 heteroatoms. The number of halogens is 1. The van der Waals surface area contributed by atoms with Crippen molar-refractivity contribution in [1.29, 1.82) is 0 Å². The molecule has 2 aromatic carbocycles. The maximum Gasteiger partial charge on any atom is 0.159 e. The molecular weight excluding hydrogens is 366 g/mol. The van der Waals surface area contributed by atoms with Crippen LogP contribution in [-0.4, -0.2) is 20.2 Å². The summed E-state index contributed by atoms with van der Waals surface area (Å²) in [5.41, 5.74) is 3.85. The molecule has 0 bridgehead atoms. The summed E-state index contributed by atoms with van der Waals surface area (Å²) in [5, 5.41) is 14.0. The van der Waals surface area contributed by atoms with Crippen LogP contribution < -0.4 is 5.32 Å². The second-order valence-electron chi connectivity index (χ2n) is 5.67. The molecule has 0 aliphatic carbocycles. The van der Waals surface area contributed by atoms with Crippen LogP contribution in [0.2, 0.25) is 0 Å². The maximum atomic E-state index is 4.76. The number of benzene rings is 2. The van der Waals surface area contributed by atoms with Gasteiger partial charge in [-0.25, -0.2) is 4.98 Å². The van der Waals surface area contributed by atoms with E-state index in [0.29, 0.717) is 0 Å². The molecule has 3 heterocycles. The van der Waals surface area contributed by atoms with Crippen molar-refractivity contribution in [3.63, 3.8) is 0 Å². The topological polar surface area (TPSA) is 69.4 Å². The minimum atomic E-state index is 0.746. The quantitative estimate of drug-likeness (QED) is 0.400. The van der Waals surface area contributed by atoms with Crippen LogP contribution >= 0.6 is 15.9 Å². The average molecular weight is 378 g/mol. The molecule has 3 aromatic heterocycles. The first kappa shape index (κ1) is 13.6. The molecule has 0 aliphatic rings. The molecule has 0 unspecified atom stereocenters. The molecule has 0 atom stereocenters. The summed E-state index contributed by atoms with van der Waals surface area (Å²) in [4.78, 5) is 7.96. The molecular formula is C18H12BrN5. The molecule has 0 amide bonds. The van der Waals surface area contributed by atoms with E-state index in [9.17, 15) is 0 Å². The lowest BCUT2D eigenvalue weighted by atomic mass is 10.1. The van der Waals surface area contributed by atoms with E-state index in [1.807, 2.05) is 30.6 Å². The average Bonchev–Trinajstić information content (AvgIpc) is 3.24. The lowest BCUT2D eigenvalue weighted by molar-refractivity contribution is 1.12. The summed E-state index contributed by atoms with van der Waals surface area (Å²) >= 11 is 3.52. The predicted molar refractivity (Wildman–Crippen MR) is 101 cm³/mol. The summed E-state index contributed by atoms with van der Waals surface area (Å²) in [6.45, 7) is 0. The van der Waals surface area contributed by atoms with E-state index in [1.165, 1.54) is 0 Å². The maximum absolute atomic E-state index is 4.76. The van der Waals surface area contributed by atoms with Crippen LogP contribution in [0, 0.1) is 0 Å². The van der Waals surface area contributed by atoms with Crippen LogP contribution in [0.1, 0.15) is 0 Å².